The monoisotopic (exact) mass is 252 g/mol. The Morgan fingerprint density at radius 1 is 1.35 bits per heavy atom. The molecule has 0 aliphatic carbocycles. The van der Waals surface area contributed by atoms with Gasteiger partial charge < -0.3 is 10.2 Å². The predicted octanol–water partition coefficient (Wildman–Crippen LogP) is 2.13. The molecule has 5 nitrogen and oxygen atoms in total. The van der Waals surface area contributed by atoms with E-state index in [-0.39, 0.29) is 0 Å². The van der Waals surface area contributed by atoms with E-state index in [1.165, 1.54) is 10.4 Å². The molecule has 0 fully saturated rings. The van der Waals surface area contributed by atoms with Crippen molar-refractivity contribution in [2.24, 2.45) is 5.84 Å². The lowest BCUT2D eigenvalue weighted by atomic mass is 10.2. The molecule has 3 N–H and O–H groups in total. The highest BCUT2D eigenvalue weighted by Crippen LogP contribution is 2.32. The molecular formula is C11H16N4OS. The summed E-state index contributed by atoms with van der Waals surface area (Å²) in [5.41, 5.74) is 3.82. The van der Waals surface area contributed by atoms with E-state index >= 15 is 0 Å². The number of aryl methyl sites for hydroxylation is 2. The fourth-order valence-corrected chi connectivity index (χ4v) is 2.70. The van der Waals surface area contributed by atoms with Gasteiger partial charge in [0, 0.05) is 11.5 Å². The first kappa shape index (κ1) is 12.2. The van der Waals surface area contributed by atoms with Crippen molar-refractivity contribution in [2.45, 2.75) is 27.4 Å². The molecule has 0 amide bonds. The van der Waals surface area contributed by atoms with Crippen molar-refractivity contribution >= 4 is 27.4 Å². The molecule has 0 aliphatic heterocycles. The Kier molecular flexibility index (Phi) is 3.56. The Morgan fingerprint density at radius 3 is 2.76 bits per heavy atom. The van der Waals surface area contributed by atoms with E-state index in [0.717, 1.165) is 10.2 Å². The average molecular weight is 252 g/mol. The van der Waals surface area contributed by atoms with Crippen molar-refractivity contribution in [3.05, 3.63) is 16.3 Å². The zero-order chi connectivity index (χ0) is 12.4. The highest BCUT2D eigenvalue weighted by atomic mass is 32.1. The summed E-state index contributed by atoms with van der Waals surface area (Å²) in [6, 6.07) is 0. The summed E-state index contributed by atoms with van der Waals surface area (Å²) in [6.45, 7) is 7.14. The van der Waals surface area contributed by atoms with Gasteiger partial charge in [-0.25, -0.2) is 15.8 Å². The Morgan fingerprint density at radius 2 is 2.12 bits per heavy atom. The van der Waals surface area contributed by atoms with E-state index in [9.17, 15) is 0 Å². The van der Waals surface area contributed by atoms with E-state index < -0.39 is 0 Å². The number of nitrogens with one attached hydrogen (secondary N) is 1. The van der Waals surface area contributed by atoms with Crippen LogP contribution in [0.1, 0.15) is 23.2 Å². The first-order valence-electron chi connectivity index (χ1n) is 5.48. The second-order valence-electron chi connectivity index (χ2n) is 3.73. The second kappa shape index (κ2) is 4.95. The number of thiophene rings is 1. The van der Waals surface area contributed by atoms with Gasteiger partial charge >= 0.3 is 0 Å². The summed E-state index contributed by atoms with van der Waals surface area (Å²) >= 11 is 1.65. The number of rotatable bonds is 4. The van der Waals surface area contributed by atoms with Gasteiger partial charge in [0.2, 0.25) is 0 Å². The van der Waals surface area contributed by atoms with Gasteiger partial charge in [0.25, 0.3) is 0 Å². The molecule has 2 rings (SSSR count). The number of anilines is 1. The molecule has 2 aromatic heterocycles. The van der Waals surface area contributed by atoms with Crippen molar-refractivity contribution in [2.75, 3.05) is 12.0 Å². The second-order valence-corrected chi connectivity index (χ2v) is 4.94. The first-order valence-corrected chi connectivity index (χ1v) is 6.30. The molecule has 0 radical (unpaired) electrons. The molecule has 0 aromatic carbocycles. The van der Waals surface area contributed by atoms with Crippen LogP contribution >= 0.6 is 11.3 Å². The lowest BCUT2D eigenvalue weighted by Gasteiger charge is -2.06. The van der Waals surface area contributed by atoms with Gasteiger partial charge in [0.15, 0.2) is 11.6 Å². The zero-order valence-electron chi connectivity index (χ0n) is 10.2. The maximum atomic E-state index is 5.52. The van der Waals surface area contributed by atoms with E-state index in [1.807, 2.05) is 6.92 Å². The summed E-state index contributed by atoms with van der Waals surface area (Å²) in [5, 5.41) is 1.01. The predicted molar refractivity (Wildman–Crippen MR) is 70.0 cm³/mol. The molecule has 6 heteroatoms. The molecule has 0 aliphatic rings. The SMILES string of the molecule is CCOCc1nc(NN)c2c(C)c(C)sc2n1. The van der Waals surface area contributed by atoms with Gasteiger partial charge in [0.05, 0.1) is 5.39 Å². The first-order chi connectivity index (χ1) is 8.17. The van der Waals surface area contributed by atoms with Crippen LogP contribution in [0.3, 0.4) is 0 Å². The average Bonchev–Trinajstić information content (AvgIpc) is 2.61. The molecule has 0 saturated heterocycles. The van der Waals surface area contributed by atoms with Crippen LogP contribution in [-0.2, 0) is 11.3 Å². The van der Waals surface area contributed by atoms with Crippen molar-refractivity contribution in [1.82, 2.24) is 9.97 Å². The summed E-state index contributed by atoms with van der Waals surface area (Å²) in [4.78, 5) is 11.0. The number of nitrogens with two attached hydrogens (primary N) is 1. The normalized spacial score (nSPS) is 11.1. The number of hydrazine groups is 1. The highest BCUT2D eigenvalue weighted by Gasteiger charge is 2.13. The van der Waals surface area contributed by atoms with Gasteiger partial charge in [0.1, 0.15) is 11.4 Å². The minimum absolute atomic E-state index is 0.414. The third kappa shape index (κ3) is 2.24. The molecule has 17 heavy (non-hydrogen) atoms. The highest BCUT2D eigenvalue weighted by molar-refractivity contribution is 7.18. The van der Waals surface area contributed by atoms with Crippen molar-refractivity contribution in [3.63, 3.8) is 0 Å². The molecule has 0 atom stereocenters. The topological polar surface area (TPSA) is 73.1 Å². The molecule has 2 heterocycles. The summed E-state index contributed by atoms with van der Waals surface area (Å²) in [5.74, 6) is 6.85. The maximum absolute atomic E-state index is 5.52. The van der Waals surface area contributed by atoms with Crippen LogP contribution in [-0.4, -0.2) is 16.6 Å². The van der Waals surface area contributed by atoms with Crippen LogP contribution in [0.4, 0.5) is 5.82 Å². The number of hydrogen-bond donors (Lipinski definition) is 2. The summed E-state index contributed by atoms with van der Waals surface area (Å²) in [7, 11) is 0. The Labute approximate surface area is 104 Å². The quantitative estimate of drug-likeness (QED) is 0.644. The fraction of sp³-hybridized carbons (Fsp3) is 0.455. The lowest BCUT2D eigenvalue weighted by molar-refractivity contribution is 0.128. The van der Waals surface area contributed by atoms with Gasteiger partial charge in [-0.2, -0.15) is 0 Å². The van der Waals surface area contributed by atoms with Crippen LogP contribution in [0.25, 0.3) is 10.2 Å². The number of aromatic nitrogens is 2. The third-order valence-electron chi connectivity index (χ3n) is 2.65. The van der Waals surface area contributed by atoms with E-state index in [2.05, 4.69) is 29.2 Å². The maximum Gasteiger partial charge on any atom is 0.158 e. The Bertz CT molecular complexity index is 538. The van der Waals surface area contributed by atoms with Crippen LogP contribution in [0, 0.1) is 13.8 Å². The van der Waals surface area contributed by atoms with Gasteiger partial charge in [-0.1, -0.05) is 0 Å². The van der Waals surface area contributed by atoms with Gasteiger partial charge in [-0.15, -0.1) is 11.3 Å². The molecule has 0 spiro atoms. The van der Waals surface area contributed by atoms with Crippen molar-refractivity contribution in [1.29, 1.82) is 0 Å². The fourth-order valence-electron chi connectivity index (χ4n) is 1.66. The minimum Gasteiger partial charge on any atom is -0.374 e. The number of fused-ring (bicyclic) bond motifs is 1. The molecular weight excluding hydrogens is 236 g/mol. The lowest BCUT2D eigenvalue weighted by Crippen LogP contribution is -2.11. The number of nitrogen functional groups attached to an aromatic ring is 1. The van der Waals surface area contributed by atoms with E-state index in [1.54, 1.807) is 11.3 Å². The smallest absolute Gasteiger partial charge is 0.158 e. The van der Waals surface area contributed by atoms with E-state index in [0.29, 0.717) is 24.9 Å². The van der Waals surface area contributed by atoms with Crippen molar-refractivity contribution < 1.29 is 4.74 Å². The molecule has 0 bridgehead atoms. The van der Waals surface area contributed by atoms with Crippen LogP contribution < -0.4 is 11.3 Å². The van der Waals surface area contributed by atoms with Gasteiger partial charge in [-0.3, -0.25) is 0 Å². The molecule has 0 unspecified atom stereocenters. The number of hydrogen-bond acceptors (Lipinski definition) is 6. The third-order valence-corrected chi connectivity index (χ3v) is 3.75. The Balaban J connectivity index is 2.54. The largest absolute Gasteiger partial charge is 0.374 e. The van der Waals surface area contributed by atoms with Crippen LogP contribution in [0.2, 0.25) is 0 Å². The van der Waals surface area contributed by atoms with Crippen LogP contribution in [0.5, 0.6) is 0 Å². The zero-order valence-corrected chi connectivity index (χ0v) is 11.0. The number of nitrogens with zero attached hydrogens (tertiary/aromatic N) is 2. The van der Waals surface area contributed by atoms with Crippen molar-refractivity contribution in [3.8, 4) is 0 Å². The van der Waals surface area contributed by atoms with Crippen LogP contribution in [0.15, 0.2) is 0 Å². The summed E-state index contributed by atoms with van der Waals surface area (Å²) < 4.78 is 5.32. The molecule has 92 valence electrons. The van der Waals surface area contributed by atoms with Gasteiger partial charge in [-0.05, 0) is 26.3 Å². The number of ether oxygens (including phenoxy) is 1. The van der Waals surface area contributed by atoms with E-state index in [4.69, 9.17) is 10.6 Å². The standard InChI is InChI=1S/C11H16N4OS/c1-4-16-5-8-13-10(15-12)9-6(2)7(3)17-11(9)14-8/h4-5,12H2,1-3H3,(H,13,14,15). The molecule has 2 aromatic rings. The Hall–Kier alpha value is -1.24. The summed E-state index contributed by atoms with van der Waals surface area (Å²) in [6.07, 6.45) is 0. The molecule has 0 saturated carbocycles. The minimum atomic E-state index is 0.414.